The molecule has 0 radical (unpaired) electrons. The summed E-state index contributed by atoms with van der Waals surface area (Å²) in [6.07, 6.45) is 4.99. The van der Waals surface area contributed by atoms with Crippen LogP contribution in [0.25, 0.3) is 0 Å². The van der Waals surface area contributed by atoms with Gasteiger partial charge >= 0.3 is 0 Å². The molecule has 0 amide bonds. The van der Waals surface area contributed by atoms with Crippen LogP contribution >= 0.6 is 0 Å². The topological polar surface area (TPSA) is 60.0 Å². The van der Waals surface area contributed by atoms with E-state index in [-0.39, 0.29) is 28.3 Å². The van der Waals surface area contributed by atoms with Gasteiger partial charge in [-0.2, -0.15) is 0 Å². The Kier molecular flexibility index (Phi) is 3.79. The Hall–Kier alpha value is -1.30. The lowest BCUT2D eigenvalue weighted by molar-refractivity contribution is -0.303. The summed E-state index contributed by atoms with van der Waals surface area (Å²) >= 11 is 0. The van der Waals surface area contributed by atoms with E-state index in [9.17, 15) is 5.11 Å². The van der Waals surface area contributed by atoms with Crippen molar-refractivity contribution in [3.63, 3.8) is 0 Å². The molecule has 4 aliphatic carbocycles. The molecule has 1 unspecified atom stereocenters. The number of methoxy groups -OCH3 is 2. The Morgan fingerprint density at radius 2 is 1.90 bits per heavy atom. The maximum Gasteiger partial charge on any atom is 0.165 e. The molecule has 31 heavy (non-hydrogen) atoms. The number of fused-ring (bicyclic) bond motifs is 2. The highest BCUT2D eigenvalue weighted by atomic mass is 16.6. The average Bonchev–Trinajstić information content (AvgIpc) is 3.09. The van der Waals surface area contributed by atoms with Gasteiger partial charge in [-0.1, -0.05) is 26.8 Å². The fourth-order valence-corrected chi connectivity index (χ4v) is 8.68. The average molecular weight is 428 g/mol. The van der Waals surface area contributed by atoms with Gasteiger partial charge in [0.2, 0.25) is 0 Å². The van der Waals surface area contributed by atoms with Gasteiger partial charge in [-0.05, 0) is 62.6 Å². The van der Waals surface area contributed by atoms with Crippen molar-refractivity contribution in [2.75, 3.05) is 20.8 Å². The lowest BCUT2D eigenvalue weighted by atomic mass is 9.33. The van der Waals surface area contributed by atoms with Crippen LogP contribution in [0, 0.1) is 16.7 Å². The van der Waals surface area contributed by atoms with Crippen molar-refractivity contribution in [3.8, 4) is 11.5 Å². The second kappa shape index (κ2) is 5.78. The van der Waals surface area contributed by atoms with Gasteiger partial charge in [0.1, 0.15) is 11.7 Å². The van der Waals surface area contributed by atoms with Gasteiger partial charge in [0.25, 0.3) is 0 Å². The lowest BCUT2D eigenvalue weighted by Gasteiger charge is -2.74. The third-order valence-corrected chi connectivity index (χ3v) is 10.6. The van der Waals surface area contributed by atoms with Gasteiger partial charge in [0.15, 0.2) is 11.5 Å². The first-order valence-electron chi connectivity index (χ1n) is 12.0. The molecule has 2 heterocycles. The smallest absolute Gasteiger partial charge is 0.165 e. The molecule has 7 atom stereocenters. The Morgan fingerprint density at radius 1 is 1.13 bits per heavy atom. The standard InChI is InChI=1S/C26H37NO4/c1-22(2,3)23(4,28)17-14-24-9-10-26(17,30-6)21-25(24)11-12-27-18(24)13-15-7-8-16(29-5)20(31-21)19(15)25/h7-8,17-18,21,27-28H,9-14H2,1-6H3/t17-,18?,21-,23+,24-,25+,26-/m1/s1. The highest BCUT2D eigenvalue weighted by Gasteiger charge is 2.81. The van der Waals surface area contributed by atoms with E-state index < -0.39 is 11.2 Å². The summed E-state index contributed by atoms with van der Waals surface area (Å²) in [6, 6.07) is 4.73. The van der Waals surface area contributed by atoms with Crippen LogP contribution in [0.4, 0.5) is 0 Å². The molecule has 1 aromatic rings. The highest BCUT2D eigenvalue weighted by molar-refractivity contribution is 5.63. The number of piperidine rings is 1. The maximum atomic E-state index is 12.0. The van der Waals surface area contributed by atoms with Crippen molar-refractivity contribution in [3.05, 3.63) is 23.3 Å². The zero-order valence-electron chi connectivity index (χ0n) is 19.8. The van der Waals surface area contributed by atoms with E-state index in [1.165, 1.54) is 11.1 Å². The SMILES string of the molecule is COc1ccc2c3c1O[C@H]1[C@@]4(OC)CC[C@@]5(C[C@@H]4[C@](C)(O)C(C)(C)C)C(C2)NCC[C@]315. The Bertz CT molecular complexity index is 951. The molecular weight excluding hydrogens is 390 g/mol. The molecular formula is C26H37NO4. The second-order valence-corrected chi connectivity index (χ2v) is 12.0. The predicted molar refractivity (Wildman–Crippen MR) is 119 cm³/mol. The largest absolute Gasteiger partial charge is 0.493 e. The Balaban J connectivity index is 1.64. The van der Waals surface area contributed by atoms with Gasteiger partial charge < -0.3 is 24.6 Å². The van der Waals surface area contributed by atoms with Crippen LogP contribution in [0.2, 0.25) is 0 Å². The number of hydrogen-bond donors (Lipinski definition) is 2. The molecule has 1 saturated heterocycles. The molecule has 4 bridgehead atoms. The fourth-order valence-electron chi connectivity index (χ4n) is 8.68. The maximum absolute atomic E-state index is 12.0. The molecule has 1 aromatic carbocycles. The first-order valence-corrected chi connectivity index (χ1v) is 12.0. The summed E-state index contributed by atoms with van der Waals surface area (Å²) in [6.45, 7) is 9.48. The molecule has 4 fully saturated rings. The number of benzene rings is 1. The van der Waals surface area contributed by atoms with Crippen molar-refractivity contribution in [2.45, 2.75) is 88.6 Å². The summed E-state index contributed by atoms with van der Waals surface area (Å²) in [4.78, 5) is 0. The molecule has 6 aliphatic rings. The predicted octanol–water partition coefficient (Wildman–Crippen LogP) is 3.59. The summed E-state index contributed by atoms with van der Waals surface area (Å²) < 4.78 is 19.3. The third kappa shape index (κ3) is 1.98. The normalized spacial score (nSPS) is 43.8. The molecule has 170 valence electrons. The van der Waals surface area contributed by atoms with Crippen molar-refractivity contribution in [1.29, 1.82) is 0 Å². The van der Waals surface area contributed by atoms with Crippen LogP contribution in [0.5, 0.6) is 11.5 Å². The molecule has 0 aromatic heterocycles. The zero-order valence-corrected chi connectivity index (χ0v) is 19.8. The number of aliphatic hydroxyl groups is 1. The van der Waals surface area contributed by atoms with E-state index in [4.69, 9.17) is 14.2 Å². The van der Waals surface area contributed by atoms with Gasteiger partial charge in [0, 0.05) is 35.5 Å². The number of hydrogen-bond acceptors (Lipinski definition) is 5. The third-order valence-electron chi connectivity index (χ3n) is 10.6. The number of nitrogens with one attached hydrogen (secondary N) is 1. The van der Waals surface area contributed by atoms with Crippen LogP contribution in [-0.4, -0.2) is 49.2 Å². The van der Waals surface area contributed by atoms with Crippen molar-refractivity contribution >= 4 is 0 Å². The minimum atomic E-state index is -0.880. The van der Waals surface area contributed by atoms with Crippen LogP contribution in [0.1, 0.15) is 64.5 Å². The molecule has 2 N–H and O–H groups in total. The van der Waals surface area contributed by atoms with E-state index in [2.05, 4.69) is 38.2 Å². The van der Waals surface area contributed by atoms with Gasteiger partial charge in [-0.3, -0.25) is 0 Å². The van der Waals surface area contributed by atoms with E-state index in [1.54, 1.807) is 7.11 Å². The minimum Gasteiger partial charge on any atom is -0.493 e. The molecule has 5 nitrogen and oxygen atoms in total. The van der Waals surface area contributed by atoms with Crippen LogP contribution in [0.15, 0.2) is 12.1 Å². The van der Waals surface area contributed by atoms with Crippen LogP contribution < -0.4 is 14.8 Å². The summed E-state index contributed by atoms with van der Waals surface area (Å²) in [5.74, 6) is 1.77. The first-order chi connectivity index (χ1) is 14.6. The highest BCUT2D eigenvalue weighted by Crippen LogP contribution is 2.77. The molecule has 5 heteroatoms. The van der Waals surface area contributed by atoms with Crippen molar-refractivity contribution in [1.82, 2.24) is 5.32 Å². The number of ether oxygens (including phenoxy) is 3. The van der Waals surface area contributed by atoms with Gasteiger partial charge in [-0.25, -0.2) is 0 Å². The van der Waals surface area contributed by atoms with Crippen LogP contribution in [0.3, 0.4) is 0 Å². The summed E-state index contributed by atoms with van der Waals surface area (Å²) in [5, 5.41) is 15.9. The fraction of sp³-hybridized carbons (Fsp3) is 0.769. The monoisotopic (exact) mass is 427 g/mol. The second-order valence-electron chi connectivity index (χ2n) is 12.0. The quantitative estimate of drug-likeness (QED) is 0.772. The summed E-state index contributed by atoms with van der Waals surface area (Å²) in [5.41, 5.74) is 1.13. The summed E-state index contributed by atoms with van der Waals surface area (Å²) in [7, 11) is 3.57. The lowest BCUT2D eigenvalue weighted by Crippen LogP contribution is -2.83. The minimum absolute atomic E-state index is 0.00105. The molecule has 3 saturated carbocycles. The van der Waals surface area contributed by atoms with Gasteiger partial charge in [-0.15, -0.1) is 0 Å². The van der Waals surface area contributed by atoms with E-state index >= 15 is 0 Å². The molecule has 2 spiro atoms. The molecule has 2 aliphatic heterocycles. The van der Waals surface area contributed by atoms with Gasteiger partial charge in [0.05, 0.1) is 12.7 Å². The zero-order chi connectivity index (χ0) is 22.0. The van der Waals surface area contributed by atoms with Crippen molar-refractivity contribution < 1.29 is 19.3 Å². The Morgan fingerprint density at radius 3 is 2.58 bits per heavy atom. The van der Waals surface area contributed by atoms with E-state index in [0.29, 0.717) is 6.04 Å². The number of rotatable bonds is 3. The van der Waals surface area contributed by atoms with E-state index in [0.717, 1.165) is 50.1 Å². The molecule has 7 rings (SSSR count). The Labute approximate surface area is 185 Å². The van der Waals surface area contributed by atoms with Crippen LogP contribution in [-0.2, 0) is 16.6 Å². The van der Waals surface area contributed by atoms with E-state index in [1.807, 2.05) is 14.0 Å². The first kappa shape index (κ1) is 20.3. The van der Waals surface area contributed by atoms with Crippen molar-refractivity contribution in [2.24, 2.45) is 16.7 Å².